The molecule has 3 heterocycles. The number of aromatic nitrogens is 2. The van der Waals surface area contributed by atoms with E-state index in [4.69, 9.17) is 5.10 Å². The summed E-state index contributed by atoms with van der Waals surface area (Å²) >= 11 is 1.73. The van der Waals surface area contributed by atoms with E-state index in [0.29, 0.717) is 0 Å². The Hall–Kier alpha value is -2.07. The number of nitrogens with zero attached hydrogens (tertiary/aromatic N) is 2. The van der Waals surface area contributed by atoms with E-state index in [9.17, 15) is 0 Å². The average molecular weight is 309 g/mol. The molecule has 0 saturated carbocycles. The fraction of sp³-hybridized carbons (Fsp3) is 0.278. The van der Waals surface area contributed by atoms with Crippen LogP contribution in [0, 0.1) is 6.92 Å². The number of thiophene rings is 1. The van der Waals surface area contributed by atoms with E-state index in [1.54, 1.807) is 11.3 Å². The van der Waals surface area contributed by atoms with Crippen LogP contribution in [0.3, 0.4) is 0 Å². The van der Waals surface area contributed by atoms with Crippen LogP contribution >= 0.6 is 11.3 Å². The molecule has 0 atom stereocenters. The molecular formula is C18H19N3S. The van der Waals surface area contributed by atoms with Gasteiger partial charge in [-0.1, -0.05) is 17.7 Å². The van der Waals surface area contributed by atoms with Crippen molar-refractivity contribution >= 4 is 17.2 Å². The van der Waals surface area contributed by atoms with E-state index < -0.39 is 0 Å². The number of benzene rings is 1. The Morgan fingerprint density at radius 2 is 2.00 bits per heavy atom. The van der Waals surface area contributed by atoms with Gasteiger partial charge >= 0.3 is 0 Å². The molecule has 0 amide bonds. The van der Waals surface area contributed by atoms with Crippen molar-refractivity contribution in [3.8, 4) is 16.9 Å². The van der Waals surface area contributed by atoms with Gasteiger partial charge in [-0.2, -0.15) is 16.4 Å². The van der Waals surface area contributed by atoms with Crippen molar-refractivity contribution in [3.63, 3.8) is 0 Å². The number of hydrogen-bond donors (Lipinski definition) is 1. The van der Waals surface area contributed by atoms with Crippen LogP contribution in [0.4, 0.5) is 5.82 Å². The first-order valence-corrected chi connectivity index (χ1v) is 8.72. The van der Waals surface area contributed by atoms with Crippen LogP contribution in [-0.4, -0.2) is 16.3 Å². The third-order valence-electron chi connectivity index (χ3n) is 4.20. The first-order valence-electron chi connectivity index (χ1n) is 7.78. The highest BCUT2D eigenvalue weighted by molar-refractivity contribution is 7.08. The number of nitrogens with one attached hydrogen (secondary N) is 1. The molecule has 1 aromatic carbocycles. The Morgan fingerprint density at radius 3 is 2.77 bits per heavy atom. The van der Waals surface area contributed by atoms with Gasteiger partial charge in [0.2, 0.25) is 0 Å². The minimum absolute atomic E-state index is 1.02. The molecule has 112 valence electrons. The molecular weight excluding hydrogens is 290 g/mol. The lowest BCUT2D eigenvalue weighted by Gasteiger charge is -2.09. The van der Waals surface area contributed by atoms with Crippen molar-refractivity contribution in [1.82, 2.24) is 9.78 Å². The van der Waals surface area contributed by atoms with Gasteiger partial charge in [-0.15, -0.1) is 0 Å². The van der Waals surface area contributed by atoms with Crippen LogP contribution in [0.1, 0.15) is 24.0 Å². The van der Waals surface area contributed by atoms with Gasteiger partial charge in [0.1, 0.15) is 5.82 Å². The second-order valence-electron chi connectivity index (χ2n) is 5.82. The first-order chi connectivity index (χ1) is 10.8. The molecule has 3 nitrogen and oxygen atoms in total. The normalized spacial score (nSPS) is 14.2. The monoisotopic (exact) mass is 309 g/mol. The SMILES string of the molecule is Cc1ccc(-n2nc(-c3ccsc3)c3c2NCCCC3)cc1. The zero-order valence-corrected chi connectivity index (χ0v) is 13.5. The Morgan fingerprint density at radius 1 is 1.14 bits per heavy atom. The van der Waals surface area contributed by atoms with Crippen LogP contribution in [0.5, 0.6) is 0 Å². The summed E-state index contributed by atoms with van der Waals surface area (Å²) in [6, 6.07) is 10.7. The van der Waals surface area contributed by atoms with E-state index in [1.807, 2.05) is 0 Å². The van der Waals surface area contributed by atoms with Crippen molar-refractivity contribution in [2.24, 2.45) is 0 Å². The average Bonchev–Trinajstić information content (AvgIpc) is 3.10. The number of hydrogen-bond acceptors (Lipinski definition) is 3. The Balaban J connectivity index is 1.89. The molecule has 0 saturated heterocycles. The van der Waals surface area contributed by atoms with E-state index in [-0.39, 0.29) is 0 Å². The topological polar surface area (TPSA) is 29.9 Å². The van der Waals surface area contributed by atoms with Gasteiger partial charge < -0.3 is 5.32 Å². The highest BCUT2D eigenvalue weighted by Gasteiger charge is 2.21. The summed E-state index contributed by atoms with van der Waals surface area (Å²) in [4.78, 5) is 0. The largest absolute Gasteiger partial charge is 0.370 e. The molecule has 0 spiro atoms. The predicted molar refractivity (Wildman–Crippen MR) is 93.0 cm³/mol. The van der Waals surface area contributed by atoms with Gasteiger partial charge in [0.05, 0.1) is 11.4 Å². The molecule has 22 heavy (non-hydrogen) atoms. The van der Waals surface area contributed by atoms with Crippen LogP contribution in [0.2, 0.25) is 0 Å². The maximum atomic E-state index is 4.94. The van der Waals surface area contributed by atoms with Gasteiger partial charge in [-0.25, -0.2) is 4.68 Å². The summed E-state index contributed by atoms with van der Waals surface area (Å²) in [5, 5.41) is 12.8. The maximum Gasteiger partial charge on any atom is 0.133 e. The second-order valence-corrected chi connectivity index (χ2v) is 6.60. The molecule has 0 fully saturated rings. The zero-order chi connectivity index (χ0) is 14.9. The quantitative estimate of drug-likeness (QED) is 0.746. The fourth-order valence-electron chi connectivity index (χ4n) is 3.01. The first kappa shape index (κ1) is 13.6. The third kappa shape index (κ3) is 2.33. The van der Waals surface area contributed by atoms with Crippen molar-refractivity contribution < 1.29 is 0 Å². The maximum absolute atomic E-state index is 4.94. The van der Waals surface area contributed by atoms with Crippen LogP contribution in [0.25, 0.3) is 16.9 Å². The highest BCUT2D eigenvalue weighted by Crippen LogP contribution is 2.34. The van der Waals surface area contributed by atoms with Crippen LogP contribution < -0.4 is 5.32 Å². The summed E-state index contributed by atoms with van der Waals surface area (Å²) in [6.45, 7) is 3.13. The van der Waals surface area contributed by atoms with Crippen molar-refractivity contribution in [3.05, 3.63) is 52.2 Å². The van der Waals surface area contributed by atoms with Crippen LogP contribution in [0.15, 0.2) is 41.1 Å². The van der Waals surface area contributed by atoms with Crippen molar-refractivity contribution in [1.29, 1.82) is 0 Å². The lowest BCUT2D eigenvalue weighted by Crippen LogP contribution is -2.07. The fourth-order valence-corrected chi connectivity index (χ4v) is 3.65. The zero-order valence-electron chi connectivity index (χ0n) is 12.7. The van der Waals surface area contributed by atoms with Gasteiger partial charge in [0.25, 0.3) is 0 Å². The number of anilines is 1. The highest BCUT2D eigenvalue weighted by atomic mass is 32.1. The molecule has 0 unspecified atom stereocenters. The standard InChI is InChI=1S/C18H19N3S/c1-13-5-7-15(8-6-13)21-18-16(4-2-3-10-19-18)17(20-21)14-9-11-22-12-14/h5-9,11-12,19H,2-4,10H2,1H3. The van der Waals surface area contributed by atoms with Gasteiger partial charge in [-0.05, 0) is 49.8 Å². The number of rotatable bonds is 2. The third-order valence-corrected chi connectivity index (χ3v) is 4.89. The lowest BCUT2D eigenvalue weighted by molar-refractivity contribution is 0.780. The molecule has 3 aromatic rings. The Labute approximate surface area is 134 Å². The van der Waals surface area contributed by atoms with Crippen molar-refractivity contribution in [2.75, 3.05) is 11.9 Å². The second kappa shape index (κ2) is 5.61. The van der Waals surface area contributed by atoms with E-state index in [1.165, 1.54) is 35.3 Å². The molecule has 1 N–H and O–H groups in total. The smallest absolute Gasteiger partial charge is 0.133 e. The van der Waals surface area contributed by atoms with Gasteiger partial charge in [0.15, 0.2) is 0 Å². The molecule has 0 radical (unpaired) electrons. The molecule has 0 bridgehead atoms. The van der Waals surface area contributed by atoms with Gasteiger partial charge in [0, 0.05) is 23.1 Å². The minimum Gasteiger partial charge on any atom is -0.370 e. The molecule has 1 aliphatic heterocycles. The lowest BCUT2D eigenvalue weighted by atomic mass is 10.1. The summed E-state index contributed by atoms with van der Waals surface area (Å²) in [6.07, 6.45) is 3.53. The minimum atomic E-state index is 1.02. The van der Waals surface area contributed by atoms with E-state index in [2.05, 4.69) is 58.0 Å². The molecule has 1 aliphatic rings. The van der Waals surface area contributed by atoms with E-state index >= 15 is 0 Å². The summed E-state index contributed by atoms with van der Waals surface area (Å²) in [7, 11) is 0. The molecule has 0 aliphatic carbocycles. The van der Waals surface area contributed by atoms with Crippen molar-refractivity contribution in [2.45, 2.75) is 26.2 Å². The Bertz CT molecular complexity index is 770. The number of aryl methyl sites for hydroxylation is 1. The predicted octanol–water partition coefficient (Wildman–Crippen LogP) is 4.66. The Kier molecular flexibility index (Phi) is 3.47. The van der Waals surface area contributed by atoms with Crippen LogP contribution in [-0.2, 0) is 6.42 Å². The molecule has 4 rings (SSSR count). The summed E-state index contributed by atoms with van der Waals surface area (Å²) in [5.41, 5.74) is 6.12. The summed E-state index contributed by atoms with van der Waals surface area (Å²) < 4.78 is 2.08. The van der Waals surface area contributed by atoms with E-state index in [0.717, 1.165) is 24.3 Å². The molecule has 2 aromatic heterocycles. The van der Waals surface area contributed by atoms with Gasteiger partial charge in [-0.3, -0.25) is 0 Å². The molecule has 4 heteroatoms. The summed E-state index contributed by atoms with van der Waals surface area (Å²) in [5.74, 6) is 1.17. The number of fused-ring (bicyclic) bond motifs is 1.